The Morgan fingerprint density at radius 3 is 2.84 bits per heavy atom. The molecule has 19 heavy (non-hydrogen) atoms. The number of amidine groups is 1. The van der Waals surface area contributed by atoms with Crippen molar-refractivity contribution in [3.8, 4) is 0 Å². The summed E-state index contributed by atoms with van der Waals surface area (Å²) < 4.78 is -0.786. The van der Waals surface area contributed by atoms with Gasteiger partial charge in [-0.15, -0.1) is 0 Å². The van der Waals surface area contributed by atoms with Crippen molar-refractivity contribution in [1.82, 2.24) is 4.90 Å². The molecule has 0 aromatic heterocycles. The predicted molar refractivity (Wildman–Crippen MR) is 76.0 cm³/mol. The summed E-state index contributed by atoms with van der Waals surface area (Å²) in [6.07, 6.45) is 0. The number of carbonyl (C=O) groups excluding carboxylic acids is 1. The molecule has 100 valence electrons. The van der Waals surface area contributed by atoms with E-state index in [-0.39, 0.29) is 12.5 Å². The Morgan fingerprint density at radius 1 is 1.42 bits per heavy atom. The molecule has 1 saturated heterocycles. The minimum Gasteiger partial charge on any atom is -0.394 e. The fraction of sp³-hybridized carbons (Fsp3) is 0.385. The van der Waals surface area contributed by atoms with E-state index in [1.54, 1.807) is 11.8 Å². The summed E-state index contributed by atoms with van der Waals surface area (Å²) in [6.45, 7) is 2.62. The summed E-state index contributed by atoms with van der Waals surface area (Å²) in [5, 5.41) is 10.1. The van der Waals surface area contributed by atoms with E-state index in [9.17, 15) is 9.90 Å². The fourth-order valence-corrected chi connectivity index (χ4v) is 3.22. The van der Waals surface area contributed by atoms with Crippen LogP contribution in [0.25, 0.3) is 0 Å². The number of nitrogens with zero attached hydrogens (tertiary/aromatic N) is 3. The Morgan fingerprint density at radius 2 is 2.16 bits per heavy atom. The van der Waals surface area contributed by atoms with Crippen LogP contribution in [-0.4, -0.2) is 45.8 Å². The van der Waals surface area contributed by atoms with Crippen LogP contribution in [-0.2, 0) is 4.79 Å². The second-order valence-electron chi connectivity index (χ2n) is 4.82. The number of hydrogen-bond donors (Lipinski definition) is 1. The number of aliphatic hydroxyl groups excluding tert-OH is 1. The maximum Gasteiger partial charge on any atom is 0.248 e. The van der Waals surface area contributed by atoms with Crippen molar-refractivity contribution >= 4 is 28.5 Å². The smallest absolute Gasteiger partial charge is 0.248 e. The van der Waals surface area contributed by atoms with Crippen LogP contribution in [0.4, 0.5) is 5.69 Å². The summed E-state index contributed by atoms with van der Waals surface area (Å²) >= 11 is 1.35. The third-order valence-electron chi connectivity index (χ3n) is 3.36. The number of carbonyl (C=O) groups is 1. The topological polar surface area (TPSA) is 56.1 Å². The Labute approximate surface area is 115 Å². The number of anilines is 1. The molecule has 0 radical (unpaired) electrons. The van der Waals surface area contributed by atoms with E-state index in [0.29, 0.717) is 18.5 Å². The summed E-state index contributed by atoms with van der Waals surface area (Å²) in [7, 11) is 0. The van der Waals surface area contributed by atoms with Gasteiger partial charge in [0.25, 0.3) is 0 Å². The van der Waals surface area contributed by atoms with Gasteiger partial charge in [-0.1, -0.05) is 30.0 Å². The van der Waals surface area contributed by atoms with Gasteiger partial charge in [-0.2, -0.15) is 0 Å². The largest absolute Gasteiger partial charge is 0.394 e. The molecule has 2 aliphatic heterocycles. The lowest BCUT2D eigenvalue weighted by Crippen LogP contribution is -2.48. The van der Waals surface area contributed by atoms with Gasteiger partial charge in [-0.25, -0.2) is 4.99 Å². The van der Waals surface area contributed by atoms with Gasteiger partial charge in [0.1, 0.15) is 18.1 Å². The Bertz CT molecular complexity index is 534. The molecule has 1 fully saturated rings. The molecule has 1 aromatic carbocycles. The van der Waals surface area contributed by atoms with Crippen molar-refractivity contribution in [2.75, 3.05) is 24.8 Å². The average Bonchev–Trinajstić information content (AvgIpc) is 2.72. The molecular weight excluding hydrogens is 262 g/mol. The lowest BCUT2D eigenvalue weighted by Gasteiger charge is -2.32. The van der Waals surface area contributed by atoms with E-state index in [2.05, 4.69) is 4.99 Å². The molecule has 2 heterocycles. The van der Waals surface area contributed by atoms with Gasteiger partial charge >= 0.3 is 0 Å². The van der Waals surface area contributed by atoms with Crippen molar-refractivity contribution in [3.05, 3.63) is 30.3 Å². The van der Waals surface area contributed by atoms with Crippen LogP contribution in [0, 0.1) is 0 Å². The molecule has 0 spiro atoms. The van der Waals surface area contributed by atoms with E-state index in [4.69, 9.17) is 0 Å². The molecular formula is C13H15N3O2S. The number of para-hydroxylation sites is 1. The first kappa shape index (κ1) is 12.5. The van der Waals surface area contributed by atoms with Crippen LogP contribution in [0.2, 0.25) is 0 Å². The number of fused-ring (bicyclic) bond motifs is 1. The van der Waals surface area contributed by atoms with Crippen LogP contribution in [0.1, 0.15) is 6.92 Å². The van der Waals surface area contributed by atoms with Crippen molar-refractivity contribution < 1.29 is 9.90 Å². The fourth-order valence-electron chi connectivity index (χ4n) is 2.18. The van der Waals surface area contributed by atoms with Crippen LogP contribution in [0.5, 0.6) is 0 Å². The number of benzene rings is 1. The second-order valence-corrected chi connectivity index (χ2v) is 6.29. The molecule has 5 nitrogen and oxygen atoms in total. The maximum absolute atomic E-state index is 12.3. The lowest BCUT2D eigenvalue weighted by molar-refractivity contribution is -0.129. The highest BCUT2D eigenvalue weighted by Crippen LogP contribution is 2.38. The molecule has 1 atom stereocenters. The first-order valence-corrected chi connectivity index (χ1v) is 6.92. The number of thioether (sulfide) groups is 1. The molecule has 0 bridgehead atoms. The van der Waals surface area contributed by atoms with E-state index in [0.717, 1.165) is 5.69 Å². The second kappa shape index (κ2) is 4.54. The first-order valence-electron chi connectivity index (χ1n) is 6.10. The number of aliphatic hydroxyl groups is 1. The average molecular weight is 277 g/mol. The minimum atomic E-state index is -0.786. The molecule has 3 rings (SSSR count). The summed E-state index contributed by atoms with van der Waals surface area (Å²) in [5.41, 5.74) is 1.04. The third kappa shape index (κ3) is 2.01. The minimum absolute atomic E-state index is 0.0700. The summed E-state index contributed by atoms with van der Waals surface area (Å²) in [5.74, 6) is -0.0700. The van der Waals surface area contributed by atoms with Crippen molar-refractivity contribution in [2.45, 2.75) is 11.7 Å². The molecule has 0 aliphatic carbocycles. The van der Waals surface area contributed by atoms with Gasteiger partial charge in [0, 0.05) is 5.69 Å². The maximum atomic E-state index is 12.3. The van der Waals surface area contributed by atoms with Crippen molar-refractivity contribution in [3.63, 3.8) is 0 Å². The highest BCUT2D eigenvalue weighted by molar-refractivity contribution is 8.16. The SMILES string of the molecule is CC1(CO)SC2=NCN(c3ccccc3)CN2C1=O. The van der Waals surface area contributed by atoms with Gasteiger partial charge < -0.3 is 10.0 Å². The third-order valence-corrected chi connectivity index (χ3v) is 4.64. The zero-order valence-corrected chi connectivity index (χ0v) is 11.4. The van der Waals surface area contributed by atoms with Gasteiger partial charge in [-0.05, 0) is 19.1 Å². The molecule has 1 unspecified atom stereocenters. The molecule has 2 aliphatic rings. The Hall–Kier alpha value is -1.53. The zero-order valence-electron chi connectivity index (χ0n) is 10.6. The number of rotatable bonds is 2. The van der Waals surface area contributed by atoms with E-state index in [1.165, 1.54) is 11.8 Å². The van der Waals surface area contributed by atoms with Crippen LogP contribution in [0.15, 0.2) is 35.3 Å². The van der Waals surface area contributed by atoms with Crippen LogP contribution >= 0.6 is 11.8 Å². The number of amides is 1. The summed E-state index contributed by atoms with van der Waals surface area (Å²) in [4.78, 5) is 20.4. The van der Waals surface area contributed by atoms with Crippen molar-refractivity contribution in [2.24, 2.45) is 4.99 Å². The number of hydrogen-bond acceptors (Lipinski definition) is 5. The Balaban J connectivity index is 1.85. The first-order chi connectivity index (χ1) is 9.14. The molecule has 1 aromatic rings. The standard InChI is InChI=1S/C13H15N3O2S/c1-13(7-17)11(18)16-9-15(8-14-12(16)19-13)10-5-3-2-4-6-10/h2-6,17H,7-9H2,1H3. The lowest BCUT2D eigenvalue weighted by atomic mass is 10.1. The quantitative estimate of drug-likeness (QED) is 0.879. The van der Waals surface area contributed by atoms with Crippen LogP contribution < -0.4 is 4.90 Å². The van der Waals surface area contributed by atoms with Gasteiger partial charge in [0.15, 0.2) is 5.17 Å². The normalized spacial score (nSPS) is 26.4. The zero-order chi connectivity index (χ0) is 13.5. The molecule has 0 saturated carbocycles. The van der Waals surface area contributed by atoms with Crippen molar-refractivity contribution in [1.29, 1.82) is 0 Å². The van der Waals surface area contributed by atoms with Crippen LogP contribution in [0.3, 0.4) is 0 Å². The van der Waals surface area contributed by atoms with E-state index >= 15 is 0 Å². The predicted octanol–water partition coefficient (Wildman–Crippen LogP) is 1.10. The molecule has 6 heteroatoms. The van der Waals surface area contributed by atoms with E-state index < -0.39 is 4.75 Å². The Kier molecular flexibility index (Phi) is 2.99. The van der Waals surface area contributed by atoms with Gasteiger partial charge in [0.05, 0.1) is 6.61 Å². The molecule has 1 amide bonds. The van der Waals surface area contributed by atoms with E-state index in [1.807, 2.05) is 35.2 Å². The van der Waals surface area contributed by atoms with Gasteiger partial charge in [0.2, 0.25) is 5.91 Å². The highest BCUT2D eigenvalue weighted by atomic mass is 32.2. The molecule has 1 N–H and O–H groups in total. The monoisotopic (exact) mass is 277 g/mol. The summed E-state index contributed by atoms with van der Waals surface area (Å²) in [6, 6.07) is 9.89. The van der Waals surface area contributed by atoms with Gasteiger partial charge in [-0.3, -0.25) is 9.69 Å². The number of aliphatic imine (C=N–C) groups is 1. The highest BCUT2D eigenvalue weighted by Gasteiger charge is 2.49.